The molecular weight excluding hydrogens is 362 g/mol. The van der Waals surface area contributed by atoms with Crippen LogP contribution in [0.15, 0.2) is 47.3 Å². The second-order valence-corrected chi connectivity index (χ2v) is 7.67. The third-order valence-corrected chi connectivity index (χ3v) is 5.46. The summed E-state index contributed by atoms with van der Waals surface area (Å²) in [5.74, 6) is -0.730. The summed E-state index contributed by atoms with van der Waals surface area (Å²) in [4.78, 5) is 28.9. The van der Waals surface area contributed by atoms with Gasteiger partial charge < -0.3 is 5.11 Å². The lowest BCUT2D eigenvalue weighted by Gasteiger charge is -2.11. The number of thiazole rings is 1. The Kier molecular flexibility index (Phi) is 4.24. The van der Waals surface area contributed by atoms with Crippen LogP contribution in [0.4, 0.5) is 0 Å². The van der Waals surface area contributed by atoms with Crippen molar-refractivity contribution >= 4 is 38.3 Å². The topological polar surface area (TPSA) is 85.1 Å². The van der Waals surface area contributed by atoms with E-state index in [0.717, 1.165) is 15.8 Å². The number of rotatable bonds is 4. The van der Waals surface area contributed by atoms with Crippen LogP contribution >= 0.6 is 11.3 Å². The smallest absolute Gasteiger partial charge is 0.309 e. The quantitative estimate of drug-likeness (QED) is 0.584. The number of para-hydroxylation sites is 1. The van der Waals surface area contributed by atoms with Gasteiger partial charge in [0, 0.05) is 5.39 Å². The van der Waals surface area contributed by atoms with Crippen molar-refractivity contribution < 1.29 is 9.90 Å². The van der Waals surface area contributed by atoms with Crippen LogP contribution in [0.2, 0.25) is 0 Å². The molecule has 1 N–H and O–H groups in total. The minimum absolute atomic E-state index is 0.261. The molecule has 0 aliphatic heterocycles. The first kappa shape index (κ1) is 17.4. The molecule has 4 rings (SSSR count). The number of hydrogen-bond donors (Lipinski definition) is 1. The minimum Gasteiger partial charge on any atom is -0.481 e. The van der Waals surface area contributed by atoms with Crippen molar-refractivity contribution in [2.75, 3.05) is 0 Å². The van der Waals surface area contributed by atoms with E-state index >= 15 is 0 Å². The fraction of sp³-hybridized carbons (Fsp3) is 0.200. The number of aliphatic carboxylic acids is 1. The zero-order valence-electron chi connectivity index (χ0n) is 14.8. The van der Waals surface area contributed by atoms with Gasteiger partial charge in [-0.05, 0) is 35.7 Å². The third kappa shape index (κ3) is 3.10. The van der Waals surface area contributed by atoms with Crippen LogP contribution in [0, 0.1) is 0 Å². The summed E-state index contributed by atoms with van der Waals surface area (Å²) in [6.45, 7) is 4.10. The van der Waals surface area contributed by atoms with Gasteiger partial charge in [0.1, 0.15) is 0 Å². The summed E-state index contributed by atoms with van der Waals surface area (Å²) in [6.07, 6.45) is -0.261. The van der Waals surface area contributed by atoms with E-state index in [9.17, 15) is 14.7 Å². The maximum absolute atomic E-state index is 13.0. The summed E-state index contributed by atoms with van der Waals surface area (Å²) in [7, 11) is 0. The predicted molar refractivity (Wildman–Crippen MR) is 106 cm³/mol. The molecule has 0 radical (unpaired) electrons. The van der Waals surface area contributed by atoms with E-state index in [1.807, 2.05) is 50.2 Å². The van der Waals surface area contributed by atoms with E-state index in [4.69, 9.17) is 0 Å². The first-order valence-electron chi connectivity index (χ1n) is 8.57. The Morgan fingerprint density at radius 1 is 1.19 bits per heavy atom. The second kappa shape index (κ2) is 6.59. The Balaban J connectivity index is 2.01. The van der Waals surface area contributed by atoms with E-state index in [0.29, 0.717) is 21.6 Å². The number of nitrogens with zero attached hydrogens (tertiary/aromatic N) is 3. The highest BCUT2D eigenvalue weighted by atomic mass is 32.1. The molecule has 2 aromatic carbocycles. The standard InChI is InChI=1S/C20H17N3O3S/c1-11(2)12-7-8-13-14(9-12)16(10-18(24)25)22-23(19(13)26)20-21-15-5-3-4-6-17(15)27-20/h3-9,11H,10H2,1-2H3,(H,24,25). The van der Waals surface area contributed by atoms with E-state index in [2.05, 4.69) is 10.1 Å². The highest BCUT2D eigenvalue weighted by Crippen LogP contribution is 2.26. The molecule has 0 fully saturated rings. The molecule has 0 aliphatic rings. The normalized spacial score (nSPS) is 11.5. The first-order valence-corrected chi connectivity index (χ1v) is 9.39. The van der Waals surface area contributed by atoms with Crippen LogP contribution in [0.3, 0.4) is 0 Å². The molecule has 0 aliphatic carbocycles. The van der Waals surface area contributed by atoms with E-state index < -0.39 is 5.97 Å². The summed E-state index contributed by atoms with van der Waals surface area (Å²) in [6, 6.07) is 13.1. The molecule has 4 aromatic rings. The maximum atomic E-state index is 13.0. The summed E-state index contributed by atoms with van der Waals surface area (Å²) in [5, 5.41) is 15.2. The van der Waals surface area contributed by atoms with Crippen molar-refractivity contribution in [3.63, 3.8) is 0 Å². The molecular formula is C20H17N3O3S. The number of carboxylic acids is 1. The molecule has 7 heteroatoms. The Morgan fingerprint density at radius 2 is 1.96 bits per heavy atom. The van der Waals surface area contributed by atoms with Crippen molar-refractivity contribution in [1.82, 2.24) is 14.8 Å². The van der Waals surface area contributed by atoms with Crippen LogP contribution in [0.5, 0.6) is 0 Å². The van der Waals surface area contributed by atoms with Gasteiger partial charge >= 0.3 is 5.97 Å². The molecule has 2 heterocycles. The average Bonchev–Trinajstić information content (AvgIpc) is 3.07. The van der Waals surface area contributed by atoms with Gasteiger partial charge in [-0.2, -0.15) is 9.78 Å². The second-order valence-electron chi connectivity index (χ2n) is 6.66. The summed E-state index contributed by atoms with van der Waals surface area (Å²) in [5.41, 5.74) is 1.88. The number of carboxylic acid groups (broad SMARTS) is 1. The molecule has 0 atom stereocenters. The fourth-order valence-electron chi connectivity index (χ4n) is 3.03. The van der Waals surface area contributed by atoms with Crippen LogP contribution in [-0.2, 0) is 11.2 Å². The van der Waals surface area contributed by atoms with Crippen LogP contribution in [-0.4, -0.2) is 25.8 Å². The van der Waals surface area contributed by atoms with Gasteiger partial charge in [-0.3, -0.25) is 9.59 Å². The van der Waals surface area contributed by atoms with Crippen LogP contribution in [0.1, 0.15) is 31.0 Å². The number of benzene rings is 2. The molecule has 0 saturated carbocycles. The Bertz CT molecular complexity index is 1210. The van der Waals surface area contributed by atoms with Gasteiger partial charge in [0.25, 0.3) is 5.56 Å². The fourth-order valence-corrected chi connectivity index (χ4v) is 3.95. The van der Waals surface area contributed by atoms with Crippen molar-refractivity contribution in [1.29, 1.82) is 0 Å². The third-order valence-electron chi connectivity index (χ3n) is 4.45. The molecule has 0 spiro atoms. The maximum Gasteiger partial charge on any atom is 0.309 e. The zero-order valence-corrected chi connectivity index (χ0v) is 15.7. The van der Waals surface area contributed by atoms with Gasteiger partial charge in [0.2, 0.25) is 5.13 Å². The molecule has 0 amide bonds. The van der Waals surface area contributed by atoms with Gasteiger partial charge in [0.15, 0.2) is 0 Å². The Labute approximate surface area is 158 Å². The van der Waals surface area contributed by atoms with Gasteiger partial charge in [-0.15, -0.1) is 0 Å². The van der Waals surface area contributed by atoms with E-state index in [-0.39, 0.29) is 17.9 Å². The van der Waals surface area contributed by atoms with Gasteiger partial charge in [0.05, 0.1) is 27.7 Å². The molecule has 0 bridgehead atoms. The highest BCUT2D eigenvalue weighted by Gasteiger charge is 2.17. The summed E-state index contributed by atoms with van der Waals surface area (Å²) >= 11 is 1.35. The number of aromatic nitrogens is 3. The molecule has 136 valence electrons. The lowest BCUT2D eigenvalue weighted by molar-refractivity contribution is -0.136. The lowest BCUT2D eigenvalue weighted by Crippen LogP contribution is -2.24. The van der Waals surface area contributed by atoms with Gasteiger partial charge in [-0.25, -0.2) is 4.98 Å². The van der Waals surface area contributed by atoms with Gasteiger partial charge in [-0.1, -0.05) is 43.4 Å². The monoisotopic (exact) mass is 379 g/mol. The van der Waals surface area contributed by atoms with Crippen molar-refractivity contribution in [2.24, 2.45) is 0 Å². The molecule has 27 heavy (non-hydrogen) atoms. The lowest BCUT2D eigenvalue weighted by atomic mass is 9.99. The molecule has 6 nitrogen and oxygen atoms in total. The summed E-state index contributed by atoms with van der Waals surface area (Å²) < 4.78 is 2.16. The SMILES string of the molecule is CC(C)c1ccc2c(=O)n(-c3nc4ccccc4s3)nc(CC(=O)O)c2c1. The van der Waals surface area contributed by atoms with Crippen molar-refractivity contribution in [3.05, 3.63) is 64.1 Å². The Morgan fingerprint density at radius 3 is 2.67 bits per heavy atom. The molecule has 0 saturated heterocycles. The Hall–Kier alpha value is -3.06. The number of fused-ring (bicyclic) bond motifs is 2. The zero-order chi connectivity index (χ0) is 19.1. The van der Waals surface area contributed by atoms with E-state index in [1.54, 1.807) is 6.07 Å². The number of hydrogen-bond acceptors (Lipinski definition) is 5. The van der Waals surface area contributed by atoms with Crippen molar-refractivity contribution in [3.8, 4) is 5.13 Å². The highest BCUT2D eigenvalue weighted by molar-refractivity contribution is 7.20. The largest absolute Gasteiger partial charge is 0.481 e. The predicted octanol–water partition coefficient (Wildman–Crippen LogP) is 3.75. The first-order chi connectivity index (χ1) is 12.9. The average molecular weight is 379 g/mol. The van der Waals surface area contributed by atoms with Crippen LogP contribution in [0.25, 0.3) is 26.1 Å². The van der Waals surface area contributed by atoms with Crippen molar-refractivity contribution in [2.45, 2.75) is 26.2 Å². The molecule has 2 aromatic heterocycles. The minimum atomic E-state index is -0.992. The number of carbonyl (C=O) groups is 1. The molecule has 0 unspecified atom stereocenters. The van der Waals surface area contributed by atoms with E-state index in [1.165, 1.54) is 16.0 Å². The van der Waals surface area contributed by atoms with Crippen LogP contribution < -0.4 is 5.56 Å².